The Morgan fingerprint density at radius 1 is 1.22 bits per heavy atom. The van der Waals surface area contributed by atoms with Gasteiger partial charge in [0.25, 0.3) is 0 Å². The summed E-state index contributed by atoms with van der Waals surface area (Å²) in [7, 11) is 0. The van der Waals surface area contributed by atoms with Gasteiger partial charge in [0.2, 0.25) is 0 Å². The van der Waals surface area contributed by atoms with Crippen molar-refractivity contribution < 1.29 is 13.9 Å². The van der Waals surface area contributed by atoms with Gasteiger partial charge in [0, 0.05) is 18.1 Å². The minimum absolute atomic E-state index is 0.350. The van der Waals surface area contributed by atoms with Crippen LogP contribution in [0.5, 0.6) is 0 Å². The van der Waals surface area contributed by atoms with Crippen molar-refractivity contribution in [1.82, 2.24) is 0 Å². The van der Waals surface area contributed by atoms with Crippen LogP contribution in [0.15, 0.2) is 55.1 Å². The summed E-state index contributed by atoms with van der Waals surface area (Å²) >= 11 is 0. The number of rotatable bonds is 3. The number of benzene rings is 2. The molecule has 116 valence electrons. The number of allylic oxidation sites excluding steroid dienone is 2. The zero-order chi connectivity index (χ0) is 16.4. The van der Waals surface area contributed by atoms with Gasteiger partial charge < -0.3 is 4.74 Å². The Kier molecular flexibility index (Phi) is 4.11. The summed E-state index contributed by atoms with van der Waals surface area (Å²) in [4.78, 5) is 11.6. The van der Waals surface area contributed by atoms with Crippen LogP contribution in [-0.2, 0) is 16.0 Å². The maximum Gasteiger partial charge on any atom is 0.308 e. The highest BCUT2D eigenvalue weighted by Gasteiger charge is 2.23. The maximum absolute atomic E-state index is 13.8. The Morgan fingerprint density at radius 2 is 1.96 bits per heavy atom. The van der Waals surface area contributed by atoms with Gasteiger partial charge in [0.05, 0.1) is 0 Å². The lowest BCUT2D eigenvalue weighted by Gasteiger charge is -2.14. The summed E-state index contributed by atoms with van der Waals surface area (Å²) in [6.45, 7) is 5.15. The van der Waals surface area contributed by atoms with E-state index in [1.165, 1.54) is 19.1 Å². The van der Waals surface area contributed by atoms with E-state index in [0.717, 1.165) is 22.3 Å². The number of hydrogen-bond donors (Lipinski definition) is 0. The predicted molar refractivity (Wildman–Crippen MR) is 89.0 cm³/mol. The van der Waals surface area contributed by atoms with Crippen molar-refractivity contribution in [2.75, 3.05) is 0 Å². The molecule has 2 nitrogen and oxygen atoms in total. The molecule has 2 aromatic rings. The fourth-order valence-corrected chi connectivity index (χ4v) is 2.98. The van der Waals surface area contributed by atoms with Gasteiger partial charge in [-0.05, 0) is 41.7 Å². The van der Waals surface area contributed by atoms with Crippen molar-refractivity contribution in [3.8, 4) is 0 Å². The van der Waals surface area contributed by atoms with Gasteiger partial charge in [-0.1, -0.05) is 36.4 Å². The molecule has 0 aromatic heterocycles. The maximum atomic E-state index is 13.8. The second-order valence-electron chi connectivity index (χ2n) is 5.53. The van der Waals surface area contributed by atoms with Crippen molar-refractivity contribution in [1.29, 1.82) is 0 Å². The molecule has 1 aliphatic rings. The van der Waals surface area contributed by atoms with Crippen molar-refractivity contribution in [2.45, 2.75) is 19.8 Å². The molecule has 23 heavy (non-hydrogen) atoms. The second-order valence-corrected chi connectivity index (χ2v) is 5.53. The fourth-order valence-electron chi connectivity index (χ4n) is 2.98. The molecule has 0 saturated carbocycles. The van der Waals surface area contributed by atoms with E-state index < -0.39 is 5.97 Å². The van der Waals surface area contributed by atoms with E-state index >= 15 is 0 Å². The normalized spacial score (nSPS) is 13.0. The highest BCUT2D eigenvalue weighted by Crippen LogP contribution is 2.38. The molecule has 2 aromatic carbocycles. The lowest BCUT2D eigenvalue weighted by atomic mass is 9.96. The zero-order valence-electron chi connectivity index (χ0n) is 12.9. The molecule has 0 unspecified atom stereocenters. The summed E-state index contributed by atoms with van der Waals surface area (Å²) in [5.74, 6) is -0.342. The molecule has 3 heteroatoms. The minimum atomic E-state index is -0.420. The molecule has 0 fully saturated rings. The molecule has 3 rings (SSSR count). The molecular formula is C20H17FO2. The van der Waals surface area contributed by atoms with Gasteiger partial charge in [0.1, 0.15) is 11.6 Å². The zero-order valence-corrected chi connectivity index (χ0v) is 12.9. The first kappa shape index (κ1) is 15.2. The van der Waals surface area contributed by atoms with E-state index in [2.05, 4.69) is 6.58 Å². The van der Waals surface area contributed by atoms with Crippen LogP contribution >= 0.6 is 0 Å². The van der Waals surface area contributed by atoms with Gasteiger partial charge in [-0.3, -0.25) is 4.79 Å². The van der Waals surface area contributed by atoms with E-state index in [9.17, 15) is 9.18 Å². The van der Waals surface area contributed by atoms with Gasteiger partial charge in [-0.2, -0.15) is 0 Å². The van der Waals surface area contributed by atoms with Crippen LogP contribution in [0.3, 0.4) is 0 Å². The van der Waals surface area contributed by atoms with Crippen molar-refractivity contribution in [3.63, 3.8) is 0 Å². The standard InChI is InChI=1S/C20H17FO2/c1-3-6-18-17-8-5-4-7-14(17)11-15-9-10-16(21)12-19(15)20(18)23-13(2)22/h3-5,7-10,12H,1,6,11H2,2H3. The monoisotopic (exact) mass is 308 g/mol. The van der Waals surface area contributed by atoms with Crippen LogP contribution in [-0.4, -0.2) is 5.97 Å². The van der Waals surface area contributed by atoms with Crippen molar-refractivity contribution in [3.05, 3.63) is 83.2 Å². The Labute approximate surface area is 134 Å². The summed E-state index contributed by atoms with van der Waals surface area (Å²) in [5.41, 5.74) is 4.57. The number of carbonyl (C=O) groups is 1. The number of hydrogen-bond acceptors (Lipinski definition) is 2. The fraction of sp³-hybridized carbons (Fsp3) is 0.150. The summed E-state index contributed by atoms with van der Waals surface area (Å²) in [5, 5.41) is 0. The third-order valence-electron chi connectivity index (χ3n) is 3.91. The number of esters is 1. The van der Waals surface area contributed by atoms with Gasteiger partial charge in [0.15, 0.2) is 0 Å². The molecule has 1 aliphatic carbocycles. The smallest absolute Gasteiger partial charge is 0.308 e. The molecule has 0 N–H and O–H groups in total. The summed E-state index contributed by atoms with van der Waals surface area (Å²) in [6, 6.07) is 12.6. The predicted octanol–water partition coefficient (Wildman–Crippen LogP) is 4.74. The van der Waals surface area contributed by atoms with Gasteiger partial charge in [-0.25, -0.2) is 4.39 Å². The highest BCUT2D eigenvalue weighted by atomic mass is 19.1. The Hall–Kier alpha value is -2.68. The van der Waals surface area contributed by atoms with Crippen molar-refractivity contribution in [2.24, 2.45) is 0 Å². The summed E-state index contributed by atoms with van der Waals surface area (Å²) in [6.07, 6.45) is 2.96. The largest absolute Gasteiger partial charge is 0.426 e. The van der Waals surface area contributed by atoms with Crippen LogP contribution in [0.4, 0.5) is 4.39 Å². The SMILES string of the molecule is C=CCC1=C(OC(C)=O)c2cc(F)ccc2Cc2ccccc21. The number of carbonyl (C=O) groups excluding carboxylic acids is 1. The van der Waals surface area contributed by atoms with Crippen LogP contribution in [0.2, 0.25) is 0 Å². The first-order valence-electron chi connectivity index (χ1n) is 7.49. The molecule has 0 atom stereocenters. The molecule has 0 heterocycles. The molecular weight excluding hydrogens is 291 g/mol. The first-order valence-corrected chi connectivity index (χ1v) is 7.49. The van der Waals surface area contributed by atoms with E-state index in [1.807, 2.05) is 24.3 Å². The van der Waals surface area contributed by atoms with E-state index in [4.69, 9.17) is 4.74 Å². The number of halogens is 1. The molecule has 0 radical (unpaired) electrons. The quantitative estimate of drug-likeness (QED) is 0.605. The third-order valence-corrected chi connectivity index (χ3v) is 3.91. The first-order chi connectivity index (χ1) is 11.1. The van der Waals surface area contributed by atoms with E-state index in [0.29, 0.717) is 24.2 Å². The number of fused-ring (bicyclic) bond motifs is 2. The van der Waals surface area contributed by atoms with Gasteiger partial charge in [-0.15, -0.1) is 6.58 Å². The van der Waals surface area contributed by atoms with E-state index in [1.54, 1.807) is 12.1 Å². The van der Waals surface area contributed by atoms with Gasteiger partial charge >= 0.3 is 5.97 Å². The minimum Gasteiger partial charge on any atom is -0.426 e. The van der Waals surface area contributed by atoms with Crippen LogP contribution in [0.1, 0.15) is 35.6 Å². The lowest BCUT2D eigenvalue weighted by Crippen LogP contribution is -2.03. The van der Waals surface area contributed by atoms with Crippen LogP contribution in [0.25, 0.3) is 11.3 Å². The number of ether oxygens (including phenoxy) is 1. The summed E-state index contributed by atoms with van der Waals surface area (Å²) < 4.78 is 19.3. The lowest BCUT2D eigenvalue weighted by molar-refractivity contribution is -0.134. The van der Waals surface area contributed by atoms with Crippen LogP contribution < -0.4 is 0 Å². The molecule has 0 amide bonds. The van der Waals surface area contributed by atoms with Crippen LogP contribution in [0, 0.1) is 5.82 Å². The van der Waals surface area contributed by atoms with Crippen molar-refractivity contribution >= 4 is 17.3 Å². The molecule has 0 aliphatic heterocycles. The molecule has 0 spiro atoms. The third kappa shape index (κ3) is 2.95. The Morgan fingerprint density at radius 3 is 2.70 bits per heavy atom. The second kappa shape index (κ2) is 6.21. The Bertz CT molecular complexity index is 818. The topological polar surface area (TPSA) is 26.3 Å². The Balaban J connectivity index is 2.34. The average molecular weight is 308 g/mol. The highest BCUT2D eigenvalue weighted by molar-refractivity contribution is 5.94. The molecule has 0 bridgehead atoms. The average Bonchev–Trinajstić information content (AvgIpc) is 2.64. The van der Waals surface area contributed by atoms with E-state index in [-0.39, 0.29) is 5.82 Å². The molecule has 0 saturated heterocycles.